The molecule has 10 nitrogen and oxygen atoms in total. The van der Waals surface area contributed by atoms with E-state index in [1.165, 1.54) is 19.2 Å². The summed E-state index contributed by atoms with van der Waals surface area (Å²) >= 11 is 0. The Balaban J connectivity index is 1.09. The van der Waals surface area contributed by atoms with Crippen molar-refractivity contribution in [2.75, 3.05) is 6.54 Å². The molecule has 6 rings (SSSR count). The van der Waals surface area contributed by atoms with Gasteiger partial charge in [-0.05, 0) is 29.7 Å². The van der Waals surface area contributed by atoms with Crippen LogP contribution in [0.15, 0.2) is 48.7 Å². The lowest BCUT2D eigenvalue weighted by molar-refractivity contribution is -0.136. The second-order valence-corrected chi connectivity index (χ2v) is 10.7. The van der Waals surface area contributed by atoms with Gasteiger partial charge in [-0.3, -0.25) is 34.3 Å². The minimum absolute atomic E-state index is 0.0458. The number of hydrogen-bond donors (Lipinski definition) is 1. The Labute approximate surface area is 240 Å². The van der Waals surface area contributed by atoms with E-state index in [1.807, 2.05) is 24.3 Å². The molecule has 12 heteroatoms. The van der Waals surface area contributed by atoms with Gasteiger partial charge in [0.05, 0.1) is 17.7 Å². The highest BCUT2D eigenvalue weighted by atomic mass is 19.3. The third-order valence-corrected chi connectivity index (χ3v) is 7.95. The van der Waals surface area contributed by atoms with Crippen LogP contribution in [0, 0.1) is 0 Å². The van der Waals surface area contributed by atoms with Crippen molar-refractivity contribution in [3.05, 3.63) is 82.4 Å². The van der Waals surface area contributed by atoms with E-state index >= 15 is 0 Å². The first-order valence-corrected chi connectivity index (χ1v) is 13.9. The number of ether oxygens (including phenoxy) is 1. The average Bonchev–Trinajstić information content (AvgIpc) is 3.52. The molecule has 1 atom stereocenters. The van der Waals surface area contributed by atoms with Gasteiger partial charge in [-0.2, -0.15) is 8.78 Å². The summed E-state index contributed by atoms with van der Waals surface area (Å²) in [5.74, 6) is -4.36. The minimum Gasteiger partial charge on any atom is -0.488 e. The fourth-order valence-electron chi connectivity index (χ4n) is 5.56. The Morgan fingerprint density at radius 1 is 1.02 bits per heavy atom. The molecule has 3 aromatic rings. The third kappa shape index (κ3) is 5.06. The first-order chi connectivity index (χ1) is 20.1. The molecule has 1 saturated heterocycles. The molecular formula is C30H29F2N5O5. The molecule has 4 amide bonds. The Morgan fingerprint density at radius 2 is 1.79 bits per heavy atom. The zero-order chi connectivity index (χ0) is 29.6. The van der Waals surface area contributed by atoms with Crippen molar-refractivity contribution in [3.63, 3.8) is 0 Å². The number of hydrogen-bond acceptors (Lipinski definition) is 7. The normalized spacial score (nSPS) is 19.1. The zero-order valence-corrected chi connectivity index (χ0v) is 22.9. The molecule has 3 aliphatic rings. The maximum Gasteiger partial charge on any atom is 0.290 e. The summed E-state index contributed by atoms with van der Waals surface area (Å²) in [7, 11) is 0. The number of imide groups is 2. The van der Waals surface area contributed by atoms with Crippen LogP contribution < -0.4 is 10.1 Å². The average molecular weight is 578 g/mol. The number of nitrogens with zero attached hydrogens (tertiary/aromatic N) is 4. The van der Waals surface area contributed by atoms with Crippen LogP contribution in [-0.2, 0) is 41.8 Å². The van der Waals surface area contributed by atoms with E-state index in [1.54, 1.807) is 16.7 Å². The van der Waals surface area contributed by atoms with Gasteiger partial charge in [0, 0.05) is 38.7 Å². The molecule has 1 N–H and O–H groups in total. The first kappa shape index (κ1) is 27.7. The Kier molecular flexibility index (Phi) is 7.09. The van der Waals surface area contributed by atoms with E-state index in [9.17, 15) is 28.0 Å². The van der Waals surface area contributed by atoms with Gasteiger partial charge in [-0.15, -0.1) is 0 Å². The van der Waals surface area contributed by atoms with Crippen LogP contribution in [0.5, 0.6) is 5.75 Å². The summed E-state index contributed by atoms with van der Waals surface area (Å²) in [4.78, 5) is 57.4. The second kappa shape index (κ2) is 10.8. The number of amides is 4. The number of carbonyl (C=O) groups excluding carboxylic acids is 4. The van der Waals surface area contributed by atoms with E-state index in [-0.39, 0.29) is 48.4 Å². The number of aromatic nitrogens is 2. The molecule has 1 aromatic heterocycles. The van der Waals surface area contributed by atoms with Crippen LogP contribution in [-0.4, -0.2) is 55.6 Å². The highest BCUT2D eigenvalue weighted by Gasteiger charge is 2.46. The number of alkyl halides is 2. The molecule has 0 bridgehead atoms. The van der Waals surface area contributed by atoms with Crippen LogP contribution in [0.1, 0.15) is 69.5 Å². The smallest absolute Gasteiger partial charge is 0.290 e. The number of fused-ring (bicyclic) bond motifs is 2. The van der Waals surface area contributed by atoms with E-state index in [0.717, 1.165) is 16.0 Å². The van der Waals surface area contributed by atoms with Crippen molar-refractivity contribution in [1.82, 2.24) is 24.7 Å². The van der Waals surface area contributed by atoms with Crippen molar-refractivity contribution >= 4 is 23.6 Å². The van der Waals surface area contributed by atoms with E-state index in [0.29, 0.717) is 32.0 Å². The molecule has 1 unspecified atom stereocenters. The van der Waals surface area contributed by atoms with Crippen molar-refractivity contribution in [2.45, 2.75) is 64.4 Å². The molecular weight excluding hydrogens is 548 g/mol. The molecule has 0 radical (unpaired) electrons. The fraction of sp³-hybridized carbons (Fsp3) is 0.367. The van der Waals surface area contributed by atoms with Crippen LogP contribution in [0.4, 0.5) is 8.78 Å². The first-order valence-electron chi connectivity index (χ1n) is 13.9. The van der Waals surface area contributed by atoms with Gasteiger partial charge in [0.1, 0.15) is 29.9 Å². The highest BCUT2D eigenvalue weighted by Crippen LogP contribution is 2.34. The van der Waals surface area contributed by atoms with Crippen LogP contribution in [0.2, 0.25) is 0 Å². The van der Waals surface area contributed by atoms with E-state index < -0.39 is 35.6 Å². The number of carbonyl (C=O) groups is 4. The zero-order valence-electron chi connectivity index (χ0n) is 22.9. The number of benzene rings is 2. The van der Waals surface area contributed by atoms with Crippen molar-refractivity contribution in [1.29, 1.82) is 0 Å². The monoisotopic (exact) mass is 577 g/mol. The standard InChI is InChI=1S/C30H29F2N5O5/c1-2-30(31,32)23-15-36-13-12-35(16-24(36)33-23)14-18-6-8-19(9-7-18)17-42-22-5-3-4-20-26(22)29(41)37(28(20)40)21-10-11-25(38)34-27(21)39/h3-9,15,21H,2,10-14,16-17H2,1H3,(H,34,38,39). The lowest BCUT2D eigenvalue weighted by atomic mass is 10.0. The predicted molar refractivity (Wildman–Crippen MR) is 144 cm³/mol. The number of rotatable bonds is 8. The molecule has 4 heterocycles. The Hall–Kier alpha value is -4.45. The van der Waals surface area contributed by atoms with Crippen LogP contribution >= 0.6 is 0 Å². The lowest BCUT2D eigenvalue weighted by Gasteiger charge is -2.27. The van der Waals surface area contributed by atoms with Gasteiger partial charge in [0.25, 0.3) is 17.7 Å². The number of halogens is 2. The fourth-order valence-corrected chi connectivity index (χ4v) is 5.56. The second-order valence-electron chi connectivity index (χ2n) is 10.7. The summed E-state index contributed by atoms with van der Waals surface area (Å²) < 4.78 is 35.9. The topological polar surface area (TPSA) is 114 Å². The summed E-state index contributed by atoms with van der Waals surface area (Å²) in [6, 6.07) is 11.4. The van der Waals surface area contributed by atoms with Gasteiger partial charge in [0.15, 0.2) is 0 Å². The Morgan fingerprint density at radius 3 is 2.52 bits per heavy atom. The Bertz CT molecular complexity index is 1590. The van der Waals surface area contributed by atoms with Crippen molar-refractivity contribution in [2.24, 2.45) is 0 Å². The maximum absolute atomic E-state index is 14.1. The SMILES string of the molecule is CCC(F)(F)c1cn2c(n1)CN(Cc1ccc(COc3cccc4c3C(=O)N(C3CCC(=O)NC3=O)C4=O)cc1)CC2. The van der Waals surface area contributed by atoms with Crippen molar-refractivity contribution < 1.29 is 32.7 Å². The predicted octanol–water partition coefficient (Wildman–Crippen LogP) is 3.38. The lowest BCUT2D eigenvalue weighted by Crippen LogP contribution is -2.54. The van der Waals surface area contributed by atoms with Gasteiger partial charge >= 0.3 is 0 Å². The number of imidazole rings is 1. The molecule has 0 saturated carbocycles. The van der Waals surface area contributed by atoms with Crippen LogP contribution in [0.25, 0.3) is 0 Å². The third-order valence-electron chi connectivity index (χ3n) is 7.95. The summed E-state index contributed by atoms with van der Waals surface area (Å²) in [5, 5.41) is 2.19. The van der Waals surface area contributed by atoms with Gasteiger partial charge < -0.3 is 9.30 Å². The summed E-state index contributed by atoms with van der Waals surface area (Å²) in [6.45, 7) is 4.01. The molecule has 0 spiro atoms. The number of piperidine rings is 1. The molecule has 2 aromatic carbocycles. The minimum atomic E-state index is -2.93. The van der Waals surface area contributed by atoms with E-state index in [2.05, 4.69) is 15.2 Å². The molecule has 42 heavy (non-hydrogen) atoms. The maximum atomic E-state index is 14.1. The largest absolute Gasteiger partial charge is 0.488 e. The van der Waals surface area contributed by atoms with Crippen LogP contribution in [0.3, 0.4) is 0 Å². The van der Waals surface area contributed by atoms with Gasteiger partial charge in [-0.25, -0.2) is 4.98 Å². The molecule has 3 aliphatic heterocycles. The van der Waals surface area contributed by atoms with Crippen molar-refractivity contribution in [3.8, 4) is 5.75 Å². The molecule has 218 valence electrons. The summed E-state index contributed by atoms with van der Waals surface area (Å²) in [5.41, 5.74) is 1.97. The quantitative estimate of drug-likeness (QED) is 0.409. The highest BCUT2D eigenvalue weighted by molar-refractivity contribution is 6.24. The molecule has 1 fully saturated rings. The van der Waals surface area contributed by atoms with Gasteiger partial charge in [0.2, 0.25) is 11.8 Å². The van der Waals surface area contributed by atoms with Gasteiger partial charge in [-0.1, -0.05) is 37.3 Å². The van der Waals surface area contributed by atoms with E-state index in [4.69, 9.17) is 4.74 Å². The summed E-state index contributed by atoms with van der Waals surface area (Å²) in [6.07, 6.45) is 1.30. The number of nitrogens with one attached hydrogen (secondary N) is 1. The molecule has 0 aliphatic carbocycles.